The Labute approximate surface area is 141 Å². The number of halogens is 1. The zero-order chi connectivity index (χ0) is 17.1. The van der Waals surface area contributed by atoms with Crippen LogP contribution in [0.25, 0.3) is 0 Å². The van der Waals surface area contributed by atoms with Gasteiger partial charge in [0.15, 0.2) is 0 Å². The van der Waals surface area contributed by atoms with Gasteiger partial charge < -0.3 is 10.0 Å². The van der Waals surface area contributed by atoms with Crippen molar-refractivity contribution in [3.05, 3.63) is 71.0 Å². The molecular weight excluding hydrogens is 305 g/mol. The van der Waals surface area contributed by atoms with E-state index in [-0.39, 0.29) is 18.4 Å². The fraction of sp³-hybridized carbons (Fsp3) is 0.350. The van der Waals surface area contributed by atoms with E-state index >= 15 is 0 Å². The van der Waals surface area contributed by atoms with Gasteiger partial charge in [-0.3, -0.25) is 4.79 Å². The second-order valence-corrected chi connectivity index (χ2v) is 6.38. The summed E-state index contributed by atoms with van der Waals surface area (Å²) in [6, 6.07) is 14.0. The Morgan fingerprint density at radius 2 is 2.08 bits per heavy atom. The summed E-state index contributed by atoms with van der Waals surface area (Å²) in [5.41, 5.74) is 2.78. The van der Waals surface area contributed by atoms with Crippen molar-refractivity contribution in [3.63, 3.8) is 0 Å². The van der Waals surface area contributed by atoms with Gasteiger partial charge in [0, 0.05) is 6.54 Å². The second-order valence-electron chi connectivity index (χ2n) is 6.38. The Hall–Kier alpha value is -2.20. The van der Waals surface area contributed by atoms with Crippen molar-refractivity contribution in [3.8, 4) is 0 Å². The Balaban J connectivity index is 1.73. The van der Waals surface area contributed by atoms with Crippen LogP contribution in [0, 0.1) is 12.7 Å². The molecule has 0 saturated carbocycles. The van der Waals surface area contributed by atoms with E-state index in [1.807, 2.05) is 17.0 Å². The maximum atomic E-state index is 13.3. The van der Waals surface area contributed by atoms with Gasteiger partial charge in [0.25, 0.3) is 0 Å². The minimum atomic E-state index is -0.980. The third-order valence-electron chi connectivity index (χ3n) is 4.72. The second kappa shape index (κ2) is 7.14. The lowest BCUT2D eigenvalue weighted by Crippen LogP contribution is -2.31. The van der Waals surface area contributed by atoms with E-state index in [9.17, 15) is 14.3 Å². The first kappa shape index (κ1) is 16.7. The number of aliphatic hydroxyl groups is 1. The van der Waals surface area contributed by atoms with E-state index in [4.69, 9.17) is 0 Å². The van der Waals surface area contributed by atoms with E-state index in [2.05, 4.69) is 19.1 Å². The minimum absolute atomic E-state index is 0.0220. The monoisotopic (exact) mass is 327 g/mol. The van der Waals surface area contributed by atoms with Crippen LogP contribution in [0.2, 0.25) is 0 Å². The molecule has 3 nitrogen and oxygen atoms in total. The lowest BCUT2D eigenvalue weighted by atomic mass is 9.99. The highest BCUT2D eigenvalue weighted by Crippen LogP contribution is 2.34. The standard InChI is InChI=1S/C20H22FNO2/c1-14-6-2-3-9-17(14)18-10-5-11-22(18)20(24)13-19(23)15-7-4-8-16(21)12-15/h2-4,6-9,12,18-19,23H,5,10-11,13H2,1H3. The number of nitrogens with zero attached hydrogens (tertiary/aromatic N) is 1. The molecular formula is C20H22FNO2. The number of carbonyl (C=O) groups excluding carboxylic acids is 1. The number of benzene rings is 2. The van der Waals surface area contributed by atoms with Gasteiger partial charge >= 0.3 is 0 Å². The molecule has 0 spiro atoms. The van der Waals surface area contributed by atoms with Gasteiger partial charge in [0.05, 0.1) is 18.6 Å². The van der Waals surface area contributed by atoms with Crippen LogP contribution in [0.3, 0.4) is 0 Å². The molecule has 126 valence electrons. The summed E-state index contributed by atoms with van der Waals surface area (Å²) in [5, 5.41) is 10.3. The van der Waals surface area contributed by atoms with Crippen LogP contribution < -0.4 is 0 Å². The van der Waals surface area contributed by atoms with E-state index in [0.29, 0.717) is 12.1 Å². The Kier molecular flexibility index (Phi) is 4.95. The maximum absolute atomic E-state index is 13.3. The van der Waals surface area contributed by atoms with Crippen molar-refractivity contribution in [2.75, 3.05) is 6.54 Å². The maximum Gasteiger partial charge on any atom is 0.226 e. The predicted octanol–water partition coefficient (Wildman–Crippen LogP) is 3.92. The lowest BCUT2D eigenvalue weighted by molar-refractivity contribution is -0.134. The van der Waals surface area contributed by atoms with Gasteiger partial charge in [-0.05, 0) is 48.6 Å². The van der Waals surface area contributed by atoms with Crippen molar-refractivity contribution >= 4 is 5.91 Å². The van der Waals surface area contributed by atoms with Crippen molar-refractivity contribution in [2.24, 2.45) is 0 Å². The number of hydrogen-bond donors (Lipinski definition) is 1. The third-order valence-corrected chi connectivity index (χ3v) is 4.72. The molecule has 1 aliphatic heterocycles. The van der Waals surface area contributed by atoms with Crippen molar-refractivity contribution < 1.29 is 14.3 Å². The largest absolute Gasteiger partial charge is 0.388 e. The topological polar surface area (TPSA) is 40.5 Å². The van der Waals surface area contributed by atoms with Crippen LogP contribution in [0.15, 0.2) is 48.5 Å². The Morgan fingerprint density at radius 1 is 1.29 bits per heavy atom. The summed E-state index contributed by atoms with van der Waals surface area (Å²) < 4.78 is 13.3. The Morgan fingerprint density at radius 3 is 2.83 bits per heavy atom. The quantitative estimate of drug-likeness (QED) is 0.924. The van der Waals surface area contributed by atoms with Gasteiger partial charge in [0.1, 0.15) is 5.82 Å². The van der Waals surface area contributed by atoms with Gasteiger partial charge in [-0.2, -0.15) is 0 Å². The van der Waals surface area contributed by atoms with E-state index in [0.717, 1.165) is 12.8 Å². The average molecular weight is 327 g/mol. The number of rotatable bonds is 4. The summed E-state index contributed by atoms with van der Waals surface area (Å²) in [5.74, 6) is -0.490. The summed E-state index contributed by atoms with van der Waals surface area (Å²) >= 11 is 0. The fourth-order valence-corrected chi connectivity index (χ4v) is 3.46. The van der Waals surface area contributed by atoms with Crippen molar-refractivity contribution in [2.45, 2.75) is 38.3 Å². The van der Waals surface area contributed by atoms with Crippen LogP contribution in [-0.2, 0) is 4.79 Å². The average Bonchev–Trinajstić information content (AvgIpc) is 3.04. The number of hydrogen-bond acceptors (Lipinski definition) is 2. The molecule has 0 aromatic heterocycles. The molecule has 3 rings (SSSR count). The SMILES string of the molecule is Cc1ccccc1C1CCCN1C(=O)CC(O)c1cccc(F)c1. The highest BCUT2D eigenvalue weighted by molar-refractivity contribution is 5.77. The number of likely N-dealkylation sites (tertiary alicyclic amines) is 1. The lowest BCUT2D eigenvalue weighted by Gasteiger charge is -2.27. The minimum Gasteiger partial charge on any atom is -0.388 e. The third kappa shape index (κ3) is 3.49. The first-order chi connectivity index (χ1) is 11.6. The summed E-state index contributed by atoms with van der Waals surface area (Å²) in [6.45, 7) is 2.76. The smallest absolute Gasteiger partial charge is 0.226 e. The molecule has 1 N–H and O–H groups in total. The molecule has 4 heteroatoms. The van der Waals surface area contributed by atoms with Crippen molar-refractivity contribution in [1.82, 2.24) is 4.90 Å². The van der Waals surface area contributed by atoms with Crippen LogP contribution in [0.4, 0.5) is 4.39 Å². The fourth-order valence-electron chi connectivity index (χ4n) is 3.46. The van der Waals surface area contributed by atoms with Gasteiger partial charge in [0.2, 0.25) is 5.91 Å². The number of amides is 1. The van der Waals surface area contributed by atoms with Crippen LogP contribution in [0.1, 0.15) is 48.1 Å². The first-order valence-electron chi connectivity index (χ1n) is 8.35. The van der Waals surface area contributed by atoms with E-state index in [1.165, 1.54) is 23.3 Å². The predicted molar refractivity (Wildman–Crippen MR) is 90.8 cm³/mol. The van der Waals surface area contributed by atoms with E-state index in [1.54, 1.807) is 12.1 Å². The van der Waals surface area contributed by atoms with Crippen LogP contribution in [-0.4, -0.2) is 22.5 Å². The molecule has 1 saturated heterocycles. The highest BCUT2D eigenvalue weighted by Gasteiger charge is 2.31. The summed E-state index contributed by atoms with van der Waals surface area (Å²) in [6.07, 6.45) is 0.894. The molecule has 2 atom stereocenters. The first-order valence-corrected chi connectivity index (χ1v) is 8.35. The molecule has 2 unspecified atom stereocenters. The number of carbonyl (C=O) groups is 1. The van der Waals surface area contributed by atoms with Gasteiger partial charge in [-0.15, -0.1) is 0 Å². The zero-order valence-corrected chi connectivity index (χ0v) is 13.8. The van der Waals surface area contributed by atoms with Gasteiger partial charge in [-0.25, -0.2) is 4.39 Å². The van der Waals surface area contributed by atoms with E-state index < -0.39 is 11.9 Å². The molecule has 2 aromatic rings. The molecule has 2 aromatic carbocycles. The zero-order valence-electron chi connectivity index (χ0n) is 13.8. The normalized spacial score (nSPS) is 18.6. The Bertz CT molecular complexity index is 731. The van der Waals surface area contributed by atoms with Gasteiger partial charge in [-0.1, -0.05) is 36.4 Å². The molecule has 0 bridgehead atoms. The summed E-state index contributed by atoms with van der Waals surface area (Å²) in [4.78, 5) is 14.5. The molecule has 0 aliphatic carbocycles. The molecule has 1 amide bonds. The molecule has 1 fully saturated rings. The summed E-state index contributed by atoms with van der Waals surface area (Å²) in [7, 11) is 0. The number of aryl methyl sites for hydroxylation is 1. The van der Waals surface area contributed by atoms with Crippen molar-refractivity contribution in [1.29, 1.82) is 0 Å². The molecule has 0 radical (unpaired) electrons. The van der Waals surface area contributed by atoms with Crippen LogP contribution in [0.5, 0.6) is 0 Å². The molecule has 24 heavy (non-hydrogen) atoms. The molecule has 1 heterocycles. The van der Waals surface area contributed by atoms with Crippen LogP contribution >= 0.6 is 0 Å². The highest BCUT2D eigenvalue weighted by atomic mass is 19.1. The molecule has 1 aliphatic rings. The number of aliphatic hydroxyl groups excluding tert-OH is 1.